The van der Waals surface area contributed by atoms with Crippen molar-refractivity contribution < 1.29 is 0 Å². The van der Waals surface area contributed by atoms with Crippen molar-refractivity contribution in [2.24, 2.45) is 16.5 Å². The van der Waals surface area contributed by atoms with E-state index >= 15 is 0 Å². The summed E-state index contributed by atoms with van der Waals surface area (Å²) in [5.41, 5.74) is 27.6. The zero-order valence-corrected chi connectivity index (χ0v) is 30.0. The Kier molecular flexibility index (Phi) is 10.1. The fraction of sp³-hybridized carbons (Fsp3) is 0.0600. The molecule has 4 N–H and O–H groups in total. The molecule has 1 heterocycles. The molecule has 1 aliphatic rings. The molecule has 0 amide bonds. The summed E-state index contributed by atoms with van der Waals surface area (Å²) >= 11 is 0. The van der Waals surface area contributed by atoms with E-state index in [1.54, 1.807) is 0 Å². The first-order valence-corrected chi connectivity index (χ1v) is 18.4. The van der Waals surface area contributed by atoms with Crippen molar-refractivity contribution in [3.63, 3.8) is 0 Å². The van der Waals surface area contributed by atoms with Crippen LogP contribution in [0.4, 0.5) is 0 Å². The third-order valence-corrected chi connectivity index (χ3v) is 10.0. The smallest absolute Gasteiger partial charge is 0.104 e. The van der Waals surface area contributed by atoms with Crippen LogP contribution in [0.1, 0.15) is 45.6 Å². The standard InChI is InChI=1S/C50H42N4/c51-46(39-29-27-38(28-30-39)37-17-7-2-8-18-37)33-47(53-35-36-15-5-1-6-16-36)44-25-13-23-42(31-44)43-24-14-26-45(32-43)50(52)54-48(40-19-9-3-10-20-40)34-49(54)41-21-11-4-12-22-41/h1-34,48,50H,35,51-52H2/b46-33-,53-47?/t48?,50-/m0/s1. The van der Waals surface area contributed by atoms with Crippen LogP contribution in [0.5, 0.6) is 0 Å². The van der Waals surface area contributed by atoms with Crippen LogP contribution in [0.25, 0.3) is 33.6 Å². The first-order valence-electron chi connectivity index (χ1n) is 18.4. The minimum atomic E-state index is -0.349. The maximum Gasteiger partial charge on any atom is 0.104 e. The number of hydrogen-bond donors (Lipinski definition) is 2. The summed E-state index contributed by atoms with van der Waals surface area (Å²) in [6.45, 7) is 0.539. The zero-order valence-electron chi connectivity index (χ0n) is 30.0. The number of benzene rings is 7. The molecular weight excluding hydrogens is 657 g/mol. The minimum absolute atomic E-state index is 0.0820. The summed E-state index contributed by atoms with van der Waals surface area (Å²) in [7, 11) is 0. The van der Waals surface area contributed by atoms with E-state index < -0.39 is 0 Å². The molecule has 4 nitrogen and oxygen atoms in total. The largest absolute Gasteiger partial charge is 0.398 e. The summed E-state index contributed by atoms with van der Waals surface area (Å²) in [6, 6.07) is 67.3. The maximum atomic E-state index is 7.17. The Morgan fingerprint density at radius 2 is 1.11 bits per heavy atom. The van der Waals surface area contributed by atoms with Gasteiger partial charge in [0, 0.05) is 17.0 Å². The second kappa shape index (κ2) is 15.9. The van der Waals surface area contributed by atoms with Crippen molar-refractivity contribution in [1.82, 2.24) is 4.90 Å². The molecule has 0 fully saturated rings. The molecule has 7 aromatic rings. The number of aliphatic imine (C=N–C) groups is 1. The van der Waals surface area contributed by atoms with Gasteiger partial charge in [-0.2, -0.15) is 0 Å². The second-order valence-electron chi connectivity index (χ2n) is 13.6. The molecule has 0 saturated heterocycles. The van der Waals surface area contributed by atoms with Gasteiger partial charge in [0.1, 0.15) is 6.17 Å². The monoisotopic (exact) mass is 698 g/mol. The van der Waals surface area contributed by atoms with E-state index in [4.69, 9.17) is 16.5 Å². The van der Waals surface area contributed by atoms with Crippen LogP contribution in [-0.2, 0) is 6.54 Å². The van der Waals surface area contributed by atoms with Gasteiger partial charge in [0.25, 0.3) is 0 Å². The van der Waals surface area contributed by atoms with E-state index in [0.29, 0.717) is 12.2 Å². The van der Waals surface area contributed by atoms with E-state index in [9.17, 15) is 0 Å². The lowest BCUT2D eigenvalue weighted by Gasteiger charge is -2.46. The summed E-state index contributed by atoms with van der Waals surface area (Å²) in [5, 5.41) is 0. The van der Waals surface area contributed by atoms with Gasteiger partial charge in [0.05, 0.1) is 18.3 Å². The lowest BCUT2D eigenvalue weighted by molar-refractivity contribution is 0.229. The molecule has 1 unspecified atom stereocenters. The van der Waals surface area contributed by atoms with Gasteiger partial charge in [-0.1, -0.05) is 182 Å². The Bertz CT molecular complexity index is 2420. The molecule has 8 rings (SSSR count). The number of nitrogens with zero attached hydrogens (tertiary/aromatic N) is 2. The Balaban J connectivity index is 1.10. The zero-order chi connectivity index (χ0) is 36.7. The van der Waals surface area contributed by atoms with Gasteiger partial charge in [-0.3, -0.25) is 4.99 Å². The van der Waals surface area contributed by atoms with Crippen LogP contribution in [0, 0.1) is 0 Å². The molecule has 0 radical (unpaired) electrons. The summed E-state index contributed by atoms with van der Waals surface area (Å²) in [4.78, 5) is 7.45. The molecule has 0 bridgehead atoms. The number of nitrogens with two attached hydrogens (primary N) is 2. The van der Waals surface area contributed by atoms with E-state index in [-0.39, 0.29) is 12.2 Å². The van der Waals surface area contributed by atoms with Gasteiger partial charge in [0.15, 0.2) is 0 Å². The fourth-order valence-electron chi connectivity index (χ4n) is 7.09. The van der Waals surface area contributed by atoms with E-state index in [0.717, 1.165) is 55.9 Å². The minimum Gasteiger partial charge on any atom is -0.398 e. The van der Waals surface area contributed by atoms with Crippen molar-refractivity contribution in [3.05, 3.63) is 240 Å². The predicted octanol–water partition coefficient (Wildman–Crippen LogP) is 11.1. The molecular formula is C50H42N4. The number of hydrogen-bond acceptors (Lipinski definition) is 4. The summed E-state index contributed by atoms with van der Waals surface area (Å²) in [5.74, 6) is 0. The van der Waals surface area contributed by atoms with Gasteiger partial charge in [-0.25, -0.2) is 0 Å². The highest BCUT2D eigenvalue weighted by Crippen LogP contribution is 2.45. The Morgan fingerprint density at radius 3 is 1.80 bits per heavy atom. The Hall–Kier alpha value is -6.75. The lowest BCUT2D eigenvalue weighted by Crippen LogP contribution is -2.41. The summed E-state index contributed by atoms with van der Waals surface area (Å²) in [6.07, 6.45) is 3.96. The van der Waals surface area contributed by atoms with Crippen molar-refractivity contribution in [1.29, 1.82) is 0 Å². The highest BCUT2D eigenvalue weighted by molar-refractivity contribution is 6.12. The van der Waals surface area contributed by atoms with Crippen molar-refractivity contribution >= 4 is 17.1 Å². The van der Waals surface area contributed by atoms with Gasteiger partial charge in [0.2, 0.25) is 0 Å². The van der Waals surface area contributed by atoms with Gasteiger partial charge < -0.3 is 16.4 Å². The normalized spacial score (nSPS) is 14.9. The van der Waals surface area contributed by atoms with Crippen LogP contribution in [0.15, 0.2) is 211 Å². The fourth-order valence-corrected chi connectivity index (χ4v) is 7.09. The predicted molar refractivity (Wildman–Crippen MR) is 225 cm³/mol. The van der Waals surface area contributed by atoms with E-state index in [1.165, 1.54) is 11.1 Å². The number of rotatable bonds is 11. The van der Waals surface area contributed by atoms with Crippen molar-refractivity contribution in [2.45, 2.75) is 18.8 Å². The molecule has 0 spiro atoms. The lowest BCUT2D eigenvalue weighted by atomic mass is 9.90. The first-order chi connectivity index (χ1) is 26.6. The molecule has 262 valence electrons. The molecule has 7 aromatic carbocycles. The maximum absolute atomic E-state index is 7.17. The van der Waals surface area contributed by atoms with Gasteiger partial charge in [-0.15, -0.1) is 0 Å². The highest BCUT2D eigenvalue weighted by Gasteiger charge is 2.35. The average molecular weight is 699 g/mol. The SMILES string of the molecule is N/C(=C\C(=NCc1ccccc1)c1cccc(-c2cccc([C@@H](N)N3C(c4ccccc4)=CC3c3ccccc3)c2)c1)c1ccc(-c2ccccc2)cc1. The quantitative estimate of drug-likeness (QED) is 0.132. The molecule has 0 saturated carbocycles. The Morgan fingerprint density at radius 1 is 0.556 bits per heavy atom. The van der Waals surface area contributed by atoms with Gasteiger partial charge >= 0.3 is 0 Å². The highest BCUT2D eigenvalue weighted by atomic mass is 15.3. The van der Waals surface area contributed by atoms with Crippen LogP contribution in [0.2, 0.25) is 0 Å². The molecule has 1 aliphatic heterocycles. The second-order valence-corrected chi connectivity index (χ2v) is 13.6. The first kappa shape index (κ1) is 34.3. The average Bonchev–Trinajstić information content (AvgIpc) is 3.23. The van der Waals surface area contributed by atoms with Crippen molar-refractivity contribution in [2.75, 3.05) is 0 Å². The number of allylic oxidation sites excluding steroid dienone is 1. The van der Waals surface area contributed by atoms with E-state index in [2.05, 4.69) is 175 Å². The third kappa shape index (κ3) is 7.56. The molecule has 2 atom stereocenters. The van der Waals surface area contributed by atoms with Crippen LogP contribution >= 0.6 is 0 Å². The third-order valence-electron chi connectivity index (χ3n) is 10.0. The Labute approximate surface area is 318 Å². The molecule has 4 heteroatoms. The van der Waals surface area contributed by atoms with Crippen LogP contribution in [-0.4, -0.2) is 10.6 Å². The summed E-state index contributed by atoms with van der Waals surface area (Å²) < 4.78 is 0. The van der Waals surface area contributed by atoms with Gasteiger partial charge in [-0.05, 0) is 74.4 Å². The van der Waals surface area contributed by atoms with Crippen LogP contribution in [0.3, 0.4) is 0 Å². The molecule has 0 aliphatic carbocycles. The molecule has 0 aromatic heterocycles. The van der Waals surface area contributed by atoms with E-state index in [1.807, 2.05) is 36.4 Å². The topological polar surface area (TPSA) is 67.6 Å². The van der Waals surface area contributed by atoms with Crippen molar-refractivity contribution in [3.8, 4) is 22.3 Å². The molecule has 54 heavy (non-hydrogen) atoms. The van der Waals surface area contributed by atoms with Crippen LogP contribution < -0.4 is 11.5 Å².